The lowest BCUT2D eigenvalue weighted by molar-refractivity contribution is -0.145. The van der Waals surface area contributed by atoms with Gasteiger partial charge in [0.05, 0.1) is 16.6 Å². The van der Waals surface area contributed by atoms with Gasteiger partial charge in [-0.25, -0.2) is 8.42 Å². The van der Waals surface area contributed by atoms with E-state index >= 15 is 0 Å². The third-order valence-corrected chi connectivity index (χ3v) is 5.54. The average molecular weight is 325 g/mol. The molecule has 1 saturated heterocycles. The second-order valence-corrected chi connectivity index (χ2v) is 7.51. The van der Waals surface area contributed by atoms with E-state index in [1.165, 1.54) is 17.0 Å². The molecule has 0 aliphatic carbocycles. The van der Waals surface area contributed by atoms with Crippen molar-refractivity contribution >= 4 is 21.7 Å². The number of carboxylic acid groups (broad SMARTS) is 1. The number of carboxylic acids is 1. The van der Waals surface area contributed by atoms with Gasteiger partial charge in [0.15, 0.2) is 9.84 Å². The van der Waals surface area contributed by atoms with Crippen LogP contribution in [0, 0.1) is 5.92 Å². The summed E-state index contributed by atoms with van der Waals surface area (Å²) in [5.74, 6) is -2.02. The molecule has 1 aliphatic heterocycles. The Hall–Kier alpha value is -1.89. The molecule has 0 spiro atoms. The number of amides is 1. The molecule has 1 atom stereocenters. The zero-order valence-electron chi connectivity index (χ0n) is 12.1. The van der Waals surface area contributed by atoms with Crippen molar-refractivity contribution in [3.8, 4) is 0 Å². The Balaban J connectivity index is 1.94. The van der Waals surface area contributed by atoms with E-state index in [-0.39, 0.29) is 29.5 Å². The molecule has 0 saturated carbocycles. The zero-order chi connectivity index (χ0) is 16.2. The van der Waals surface area contributed by atoms with E-state index in [4.69, 9.17) is 5.11 Å². The molecule has 22 heavy (non-hydrogen) atoms. The van der Waals surface area contributed by atoms with E-state index in [2.05, 4.69) is 0 Å². The molecule has 1 aromatic rings. The first-order valence-corrected chi connectivity index (χ1v) is 8.84. The maximum atomic E-state index is 12.1. The summed E-state index contributed by atoms with van der Waals surface area (Å²) in [6.07, 6.45) is 1.07. The number of nitrogens with zero attached hydrogens (tertiary/aromatic N) is 1. The van der Waals surface area contributed by atoms with Crippen LogP contribution in [0.2, 0.25) is 0 Å². The van der Waals surface area contributed by atoms with Crippen molar-refractivity contribution in [3.05, 3.63) is 30.3 Å². The molecule has 1 amide bonds. The number of hydrogen-bond donors (Lipinski definition) is 1. The van der Waals surface area contributed by atoms with Crippen LogP contribution in [0.5, 0.6) is 0 Å². The number of likely N-dealkylation sites (tertiary alicyclic amines) is 1. The highest BCUT2D eigenvalue weighted by molar-refractivity contribution is 7.91. The fourth-order valence-corrected chi connectivity index (χ4v) is 3.78. The van der Waals surface area contributed by atoms with Crippen LogP contribution in [0.4, 0.5) is 0 Å². The number of piperidine rings is 1. The lowest BCUT2D eigenvalue weighted by Gasteiger charge is -2.30. The largest absolute Gasteiger partial charge is 0.481 e. The Kier molecular flexibility index (Phi) is 5.18. The van der Waals surface area contributed by atoms with Crippen molar-refractivity contribution in [2.45, 2.75) is 24.2 Å². The van der Waals surface area contributed by atoms with E-state index in [0.29, 0.717) is 19.4 Å². The highest BCUT2D eigenvalue weighted by Crippen LogP contribution is 2.18. The third kappa shape index (κ3) is 4.07. The molecule has 1 fully saturated rings. The lowest BCUT2D eigenvalue weighted by atomic mass is 9.98. The average Bonchev–Trinajstić information content (AvgIpc) is 2.53. The maximum absolute atomic E-state index is 12.1. The van der Waals surface area contributed by atoms with Crippen molar-refractivity contribution in [1.29, 1.82) is 0 Å². The number of benzene rings is 1. The quantitative estimate of drug-likeness (QED) is 0.877. The van der Waals surface area contributed by atoms with Crippen molar-refractivity contribution in [1.82, 2.24) is 4.90 Å². The first kappa shape index (κ1) is 16.5. The monoisotopic (exact) mass is 325 g/mol. The Morgan fingerprint density at radius 2 is 1.91 bits per heavy atom. The molecular formula is C15H19NO5S. The second-order valence-electron chi connectivity index (χ2n) is 5.40. The van der Waals surface area contributed by atoms with Crippen LogP contribution in [-0.4, -0.2) is 49.1 Å². The van der Waals surface area contributed by atoms with Crippen molar-refractivity contribution in [3.63, 3.8) is 0 Å². The molecule has 1 aromatic carbocycles. The summed E-state index contributed by atoms with van der Waals surface area (Å²) in [7, 11) is -3.49. The summed E-state index contributed by atoms with van der Waals surface area (Å²) in [6.45, 7) is 0.660. The molecule has 1 N–H and O–H groups in total. The Labute approximate surface area is 129 Å². The maximum Gasteiger partial charge on any atom is 0.308 e. The van der Waals surface area contributed by atoms with E-state index in [1.54, 1.807) is 18.2 Å². The van der Waals surface area contributed by atoms with Crippen molar-refractivity contribution < 1.29 is 23.1 Å². The van der Waals surface area contributed by atoms with Gasteiger partial charge in [0.1, 0.15) is 0 Å². The van der Waals surface area contributed by atoms with Crippen LogP contribution in [-0.2, 0) is 19.4 Å². The predicted molar refractivity (Wildman–Crippen MR) is 80.1 cm³/mol. The highest BCUT2D eigenvalue weighted by atomic mass is 32.2. The molecule has 6 nitrogen and oxygen atoms in total. The molecule has 120 valence electrons. The van der Waals surface area contributed by atoms with Gasteiger partial charge in [-0.2, -0.15) is 0 Å². The minimum absolute atomic E-state index is 0.121. The summed E-state index contributed by atoms with van der Waals surface area (Å²) < 4.78 is 24.3. The van der Waals surface area contributed by atoms with Crippen LogP contribution in [0.1, 0.15) is 19.3 Å². The first-order valence-electron chi connectivity index (χ1n) is 7.18. The summed E-state index contributed by atoms with van der Waals surface area (Å²) in [5.41, 5.74) is 0. The number of aliphatic carboxylic acids is 1. The van der Waals surface area contributed by atoms with Gasteiger partial charge in [0, 0.05) is 19.5 Å². The highest BCUT2D eigenvalue weighted by Gasteiger charge is 2.28. The van der Waals surface area contributed by atoms with Crippen LogP contribution in [0.3, 0.4) is 0 Å². The van der Waals surface area contributed by atoms with Gasteiger partial charge in [-0.05, 0) is 25.0 Å². The molecule has 2 rings (SSSR count). The third-order valence-electron chi connectivity index (χ3n) is 3.81. The Morgan fingerprint density at radius 3 is 2.55 bits per heavy atom. The summed E-state index contributed by atoms with van der Waals surface area (Å²) in [6, 6.07) is 8.00. The fourth-order valence-electron chi connectivity index (χ4n) is 2.53. The van der Waals surface area contributed by atoms with Crippen LogP contribution < -0.4 is 0 Å². The van der Waals surface area contributed by atoms with Gasteiger partial charge in [-0.1, -0.05) is 18.2 Å². The topological polar surface area (TPSA) is 91.8 Å². The van der Waals surface area contributed by atoms with Gasteiger partial charge < -0.3 is 10.0 Å². The van der Waals surface area contributed by atoms with Crippen molar-refractivity contribution in [2.24, 2.45) is 5.92 Å². The number of hydrogen-bond acceptors (Lipinski definition) is 4. The minimum Gasteiger partial charge on any atom is -0.481 e. The summed E-state index contributed by atoms with van der Waals surface area (Å²) >= 11 is 0. The first-order chi connectivity index (χ1) is 10.4. The van der Waals surface area contributed by atoms with Crippen molar-refractivity contribution in [2.75, 3.05) is 18.8 Å². The van der Waals surface area contributed by atoms with E-state index in [1.807, 2.05) is 0 Å². The van der Waals surface area contributed by atoms with Gasteiger partial charge in [0.2, 0.25) is 5.91 Å². The molecule has 0 bridgehead atoms. The smallest absolute Gasteiger partial charge is 0.308 e. The SMILES string of the molecule is O=C(O)[C@H]1CCCN(C(=O)CCS(=O)(=O)c2ccccc2)C1. The number of carbonyl (C=O) groups is 2. The number of sulfone groups is 1. The normalized spacial score (nSPS) is 18.9. The Morgan fingerprint density at radius 1 is 1.23 bits per heavy atom. The molecule has 1 aliphatic rings. The molecule has 0 unspecified atom stereocenters. The van der Waals surface area contributed by atoms with Gasteiger partial charge >= 0.3 is 5.97 Å². The molecule has 1 heterocycles. The minimum atomic E-state index is -3.49. The number of carbonyl (C=O) groups excluding carboxylic acids is 1. The van der Waals surface area contributed by atoms with Crippen LogP contribution in [0.15, 0.2) is 35.2 Å². The second kappa shape index (κ2) is 6.91. The standard InChI is InChI=1S/C15H19NO5S/c17-14(16-9-4-5-12(11-16)15(18)19)8-10-22(20,21)13-6-2-1-3-7-13/h1-3,6-7,12H,4-5,8-11H2,(H,18,19)/t12-/m0/s1. The summed E-state index contributed by atoms with van der Waals surface area (Å²) in [5, 5.41) is 9.01. The van der Waals surface area contributed by atoms with Crippen LogP contribution in [0.25, 0.3) is 0 Å². The molecular weight excluding hydrogens is 306 g/mol. The molecule has 0 radical (unpaired) electrons. The summed E-state index contributed by atoms with van der Waals surface area (Å²) in [4.78, 5) is 24.8. The molecule has 7 heteroatoms. The fraction of sp³-hybridized carbons (Fsp3) is 0.467. The number of rotatable bonds is 5. The van der Waals surface area contributed by atoms with E-state index in [0.717, 1.165) is 0 Å². The Bertz CT molecular complexity index is 641. The zero-order valence-corrected chi connectivity index (χ0v) is 13.0. The van der Waals surface area contributed by atoms with Gasteiger partial charge in [0.25, 0.3) is 0 Å². The van der Waals surface area contributed by atoms with Crippen LogP contribution >= 0.6 is 0 Å². The van der Waals surface area contributed by atoms with E-state index in [9.17, 15) is 18.0 Å². The van der Waals surface area contributed by atoms with Gasteiger partial charge in [-0.3, -0.25) is 9.59 Å². The molecule has 0 aromatic heterocycles. The lowest BCUT2D eigenvalue weighted by Crippen LogP contribution is -2.42. The predicted octanol–water partition coefficient (Wildman–Crippen LogP) is 1.17. The van der Waals surface area contributed by atoms with E-state index < -0.39 is 21.7 Å². The van der Waals surface area contributed by atoms with Gasteiger partial charge in [-0.15, -0.1) is 0 Å².